The molecular formula is C14H12N2O2S. The Labute approximate surface area is 114 Å². The van der Waals surface area contributed by atoms with E-state index in [1.165, 1.54) is 17.3 Å². The summed E-state index contributed by atoms with van der Waals surface area (Å²) < 4.78 is 0. The van der Waals surface area contributed by atoms with Gasteiger partial charge in [0.25, 0.3) is 0 Å². The van der Waals surface area contributed by atoms with Gasteiger partial charge < -0.3 is 5.11 Å². The van der Waals surface area contributed by atoms with Crippen LogP contribution in [-0.2, 0) is 12.8 Å². The number of hydrogen-bond acceptors (Lipinski definition) is 4. The first-order chi connectivity index (χ1) is 9.25. The smallest absolute Gasteiger partial charge is 0.336 e. The summed E-state index contributed by atoms with van der Waals surface area (Å²) in [5.74, 6) is -0.909. The van der Waals surface area contributed by atoms with E-state index in [1.807, 2.05) is 12.1 Å². The molecule has 0 bridgehead atoms. The van der Waals surface area contributed by atoms with E-state index in [2.05, 4.69) is 9.97 Å². The molecular weight excluding hydrogens is 260 g/mol. The first-order valence-corrected chi connectivity index (χ1v) is 6.90. The molecule has 1 heterocycles. The van der Waals surface area contributed by atoms with Crippen LogP contribution in [-0.4, -0.2) is 21.0 Å². The molecule has 96 valence electrons. The van der Waals surface area contributed by atoms with Crippen molar-refractivity contribution in [3.05, 3.63) is 47.4 Å². The van der Waals surface area contributed by atoms with E-state index >= 15 is 0 Å². The minimum absolute atomic E-state index is 0.317. The van der Waals surface area contributed by atoms with Gasteiger partial charge in [-0.2, -0.15) is 0 Å². The summed E-state index contributed by atoms with van der Waals surface area (Å²) in [4.78, 5) is 20.5. The molecule has 3 rings (SSSR count). The second-order valence-electron chi connectivity index (χ2n) is 4.36. The minimum Gasteiger partial charge on any atom is -0.478 e. The number of carboxylic acid groups (broad SMARTS) is 1. The summed E-state index contributed by atoms with van der Waals surface area (Å²) in [6.45, 7) is 0. The Hall–Kier alpha value is -1.88. The number of aryl methyl sites for hydroxylation is 1. The fourth-order valence-electron chi connectivity index (χ4n) is 2.25. The van der Waals surface area contributed by atoms with Crippen molar-refractivity contribution >= 4 is 17.7 Å². The van der Waals surface area contributed by atoms with Gasteiger partial charge in [0, 0.05) is 16.2 Å². The normalized spacial score (nSPS) is 13.3. The first-order valence-electron chi connectivity index (χ1n) is 6.08. The van der Waals surface area contributed by atoms with Crippen molar-refractivity contribution in [2.45, 2.75) is 29.2 Å². The van der Waals surface area contributed by atoms with Crippen LogP contribution in [0.3, 0.4) is 0 Å². The van der Waals surface area contributed by atoms with Gasteiger partial charge >= 0.3 is 5.97 Å². The second-order valence-corrected chi connectivity index (χ2v) is 5.39. The Morgan fingerprint density at radius 3 is 2.89 bits per heavy atom. The van der Waals surface area contributed by atoms with Crippen LogP contribution < -0.4 is 0 Å². The third-order valence-corrected chi connectivity index (χ3v) is 4.28. The predicted octanol–water partition coefficient (Wildman–Crippen LogP) is 2.81. The van der Waals surface area contributed by atoms with E-state index in [4.69, 9.17) is 0 Å². The molecule has 0 radical (unpaired) electrons. The van der Waals surface area contributed by atoms with E-state index < -0.39 is 5.97 Å². The van der Waals surface area contributed by atoms with Crippen LogP contribution in [0.5, 0.6) is 0 Å². The van der Waals surface area contributed by atoms with Crippen molar-refractivity contribution in [3.8, 4) is 0 Å². The van der Waals surface area contributed by atoms with E-state index in [0.717, 1.165) is 34.9 Å². The monoisotopic (exact) mass is 272 g/mol. The molecule has 1 aromatic heterocycles. The topological polar surface area (TPSA) is 63.1 Å². The fourth-order valence-corrected chi connectivity index (χ4v) is 3.32. The summed E-state index contributed by atoms with van der Waals surface area (Å²) in [5.41, 5.74) is 2.59. The lowest BCUT2D eigenvalue weighted by Gasteiger charge is -2.08. The molecule has 0 saturated carbocycles. The van der Waals surface area contributed by atoms with Gasteiger partial charge in [-0.15, -0.1) is 0 Å². The van der Waals surface area contributed by atoms with Crippen LogP contribution in [0.25, 0.3) is 0 Å². The number of fused-ring (bicyclic) bond motifs is 1. The van der Waals surface area contributed by atoms with Crippen LogP contribution in [0.2, 0.25) is 0 Å². The largest absolute Gasteiger partial charge is 0.478 e. The molecule has 1 aliphatic rings. The van der Waals surface area contributed by atoms with Gasteiger partial charge in [-0.25, -0.2) is 14.8 Å². The highest BCUT2D eigenvalue weighted by atomic mass is 32.2. The number of carbonyl (C=O) groups is 1. The summed E-state index contributed by atoms with van der Waals surface area (Å²) >= 11 is 1.42. The number of hydrogen-bond donors (Lipinski definition) is 1. The zero-order valence-electron chi connectivity index (χ0n) is 10.2. The zero-order valence-corrected chi connectivity index (χ0v) is 11.0. The molecule has 19 heavy (non-hydrogen) atoms. The quantitative estimate of drug-likeness (QED) is 0.870. The lowest BCUT2D eigenvalue weighted by atomic mass is 10.2. The van der Waals surface area contributed by atoms with E-state index in [1.54, 1.807) is 18.5 Å². The summed E-state index contributed by atoms with van der Waals surface area (Å²) in [5, 5.41) is 10.1. The molecule has 1 aromatic carbocycles. The lowest BCUT2D eigenvalue weighted by molar-refractivity contribution is 0.0693. The minimum atomic E-state index is -0.909. The molecule has 1 aliphatic carbocycles. The number of nitrogens with zero attached hydrogens (tertiary/aromatic N) is 2. The summed E-state index contributed by atoms with van der Waals surface area (Å²) in [6, 6.07) is 7.01. The molecule has 1 N–H and O–H groups in total. The summed E-state index contributed by atoms with van der Waals surface area (Å²) in [7, 11) is 0. The highest BCUT2D eigenvalue weighted by Crippen LogP contribution is 2.34. The third-order valence-electron chi connectivity index (χ3n) is 3.16. The maximum Gasteiger partial charge on any atom is 0.336 e. The Morgan fingerprint density at radius 2 is 2.05 bits per heavy atom. The van der Waals surface area contributed by atoms with Crippen molar-refractivity contribution in [2.75, 3.05) is 0 Å². The molecule has 0 atom stereocenters. The number of carboxylic acids is 1. The molecule has 4 nitrogen and oxygen atoms in total. The Kier molecular flexibility index (Phi) is 3.21. The van der Waals surface area contributed by atoms with Crippen molar-refractivity contribution in [3.63, 3.8) is 0 Å². The summed E-state index contributed by atoms with van der Waals surface area (Å²) in [6.07, 6.45) is 4.64. The zero-order chi connectivity index (χ0) is 13.2. The molecule has 0 saturated heterocycles. The number of aromatic carboxylic acids is 1. The van der Waals surface area contributed by atoms with Gasteiger partial charge in [0.05, 0.1) is 5.56 Å². The maximum absolute atomic E-state index is 11.2. The Morgan fingerprint density at radius 1 is 1.21 bits per heavy atom. The molecule has 0 spiro atoms. The standard InChI is InChI=1S/C14H12N2O2S/c17-14(18)10-4-1-2-7-12(10)19-13-9-5-3-6-11(9)15-8-16-13/h1-2,4,7-8H,3,5-6H2,(H,17,18). The van der Waals surface area contributed by atoms with Gasteiger partial charge in [-0.05, 0) is 31.4 Å². The SMILES string of the molecule is O=C(O)c1ccccc1Sc1ncnc2c1CCC2. The van der Waals surface area contributed by atoms with Gasteiger partial charge in [-0.1, -0.05) is 23.9 Å². The van der Waals surface area contributed by atoms with Gasteiger partial charge in [-0.3, -0.25) is 0 Å². The maximum atomic E-state index is 11.2. The average Bonchev–Trinajstić information content (AvgIpc) is 2.88. The van der Waals surface area contributed by atoms with Crippen molar-refractivity contribution in [1.82, 2.24) is 9.97 Å². The molecule has 0 aliphatic heterocycles. The van der Waals surface area contributed by atoms with Crippen LogP contribution in [0, 0.1) is 0 Å². The fraction of sp³-hybridized carbons (Fsp3) is 0.214. The second kappa shape index (κ2) is 5.01. The molecule has 2 aromatic rings. The number of rotatable bonds is 3. The van der Waals surface area contributed by atoms with E-state index in [9.17, 15) is 9.90 Å². The predicted molar refractivity (Wildman–Crippen MR) is 71.6 cm³/mol. The van der Waals surface area contributed by atoms with Gasteiger partial charge in [0.1, 0.15) is 11.4 Å². The Bertz CT molecular complexity index is 643. The van der Waals surface area contributed by atoms with Crippen molar-refractivity contribution in [1.29, 1.82) is 0 Å². The van der Waals surface area contributed by atoms with Gasteiger partial charge in [0.2, 0.25) is 0 Å². The highest BCUT2D eigenvalue weighted by Gasteiger charge is 2.19. The van der Waals surface area contributed by atoms with Crippen LogP contribution >= 0.6 is 11.8 Å². The highest BCUT2D eigenvalue weighted by molar-refractivity contribution is 7.99. The molecule has 0 fully saturated rings. The van der Waals surface area contributed by atoms with Crippen molar-refractivity contribution < 1.29 is 9.90 Å². The van der Waals surface area contributed by atoms with Crippen LogP contribution in [0.4, 0.5) is 0 Å². The number of aromatic nitrogens is 2. The molecule has 0 amide bonds. The number of benzene rings is 1. The first kappa shape index (κ1) is 12.2. The molecule has 0 unspecified atom stereocenters. The van der Waals surface area contributed by atoms with E-state index in [0.29, 0.717) is 5.56 Å². The third kappa shape index (κ3) is 2.33. The molecule has 5 heteroatoms. The Balaban J connectivity index is 1.99. The van der Waals surface area contributed by atoms with E-state index in [-0.39, 0.29) is 0 Å². The van der Waals surface area contributed by atoms with Crippen LogP contribution in [0.1, 0.15) is 28.0 Å². The van der Waals surface area contributed by atoms with Crippen LogP contribution in [0.15, 0.2) is 40.5 Å². The van der Waals surface area contributed by atoms with Crippen molar-refractivity contribution in [2.24, 2.45) is 0 Å². The average molecular weight is 272 g/mol. The lowest BCUT2D eigenvalue weighted by Crippen LogP contribution is -1.99. The van der Waals surface area contributed by atoms with Gasteiger partial charge in [0.15, 0.2) is 0 Å².